The summed E-state index contributed by atoms with van der Waals surface area (Å²) in [5.41, 5.74) is 11.4. The van der Waals surface area contributed by atoms with Crippen molar-refractivity contribution in [3.63, 3.8) is 0 Å². The van der Waals surface area contributed by atoms with Gasteiger partial charge in [-0.25, -0.2) is 4.98 Å². The van der Waals surface area contributed by atoms with Gasteiger partial charge >= 0.3 is 0 Å². The van der Waals surface area contributed by atoms with E-state index in [2.05, 4.69) is 20.3 Å². The predicted octanol–water partition coefficient (Wildman–Crippen LogP) is 2.40. The van der Waals surface area contributed by atoms with E-state index in [4.69, 9.17) is 34.7 Å². The number of nitriles is 1. The Kier molecular flexibility index (Phi) is 5.35. The number of benzene rings is 1. The van der Waals surface area contributed by atoms with Crippen LogP contribution in [0.1, 0.15) is 43.2 Å². The number of halogens is 2. The van der Waals surface area contributed by atoms with Crippen LogP contribution >= 0.6 is 23.2 Å². The molecule has 0 unspecified atom stereocenters. The van der Waals surface area contributed by atoms with E-state index in [-0.39, 0.29) is 55.7 Å². The summed E-state index contributed by atoms with van der Waals surface area (Å²) in [6.07, 6.45) is 0.314. The largest absolute Gasteiger partial charge is 0.393 e. The van der Waals surface area contributed by atoms with Gasteiger partial charge in [-0.2, -0.15) is 15.2 Å². The van der Waals surface area contributed by atoms with Gasteiger partial charge in [-0.1, -0.05) is 23.2 Å². The minimum absolute atomic E-state index is 0.0240. The molecule has 2 aromatic heterocycles. The second kappa shape index (κ2) is 7.85. The zero-order valence-corrected chi connectivity index (χ0v) is 17.8. The minimum atomic E-state index is -0.606. The van der Waals surface area contributed by atoms with Crippen molar-refractivity contribution in [3.05, 3.63) is 43.9 Å². The van der Waals surface area contributed by atoms with E-state index in [1.54, 1.807) is 19.1 Å². The van der Waals surface area contributed by atoms with Crippen molar-refractivity contribution in [3.8, 4) is 6.07 Å². The molecular formula is C19H18Cl2N8O2. The summed E-state index contributed by atoms with van der Waals surface area (Å²) in [5.74, 6) is 0.294. The maximum Gasteiger partial charge on any atom is 0.263 e. The smallest absolute Gasteiger partial charge is 0.263 e. The van der Waals surface area contributed by atoms with Crippen LogP contribution in [0.15, 0.2) is 16.9 Å². The number of rotatable bonds is 4. The van der Waals surface area contributed by atoms with E-state index in [0.29, 0.717) is 18.7 Å². The van der Waals surface area contributed by atoms with Gasteiger partial charge in [0.2, 0.25) is 5.95 Å². The third-order valence-electron chi connectivity index (χ3n) is 5.24. The number of nitrogens with one attached hydrogen (secondary N) is 1. The molecular weight excluding hydrogens is 443 g/mol. The summed E-state index contributed by atoms with van der Waals surface area (Å²) in [7, 11) is 0. The number of aliphatic hydroxyl groups excluding tert-OH is 1. The van der Waals surface area contributed by atoms with Gasteiger partial charge in [-0.05, 0) is 31.9 Å². The SMILES string of the molecule is C[C@H](Nc1nc(N)nc(N)c1C#N)c1nc2c(Cl)ccc(Cl)c2c(=O)n1[C@H]1C[C@H](O)C1. The molecule has 31 heavy (non-hydrogen) atoms. The molecule has 1 aliphatic rings. The number of aliphatic hydroxyl groups is 1. The lowest BCUT2D eigenvalue weighted by atomic mass is 9.89. The Morgan fingerprint density at radius 3 is 2.58 bits per heavy atom. The van der Waals surface area contributed by atoms with Gasteiger partial charge in [0.15, 0.2) is 5.82 Å². The first-order chi connectivity index (χ1) is 14.7. The van der Waals surface area contributed by atoms with Crippen LogP contribution < -0.4 is 22.3 Å². The summed E-state index contributed by atoms with van der Waals surface area (Å²) >= 11 is 12.6. The van der Waals surface area contributed by atoms with Gasteiger partial charge in [0.1, 0.15) is 23.3 Å². The standard InChI is InChI=1S/C19H18Cl2N8O2/c1-7(25-16-10(6-22)15(23)27-19(24)28-16)17-26-14-12(21)3-2-11(20)13(14)18(31)29(17)8-4-9(30)5-8/h2-3,7-9,30H,4-5H2,1H3,(H5,23,24,25,27,28)/t7-,8-,9-/m0/s1. The summed E-state index contributed by atoms with van der Waals surface area (Å²) < 4.78 is 1.51. The van der Waals surface area contributed by atoms with Crippen LogP contribution in [0, 0.1) is 11.3 Å². The van der Waals surface area contributed by atoms with Crippen molar-refractivity contribution in [1.82, 2.24) is 19.5 Å². The normalized spacial score (nSPS) is 18.9. The Labute approximate surface area is 186 Å². The molecule has 0 radical (unpaired) electrons. The van der Waals surface area contributed by atoms with E-state index < -0.39 is 12.1 Å². The quantitative estimate of drug-likeness (QED) is 0.456. The molecule has 160 valence electrons. The number of anilines is 3. The lowest BCUT2D eigenvalue weighted by molar-refractivity contribution is 0.0454. The van der Waals surface area contributed by atoms with Crippen LogP contribution in [0.4, 0.5) is 17.6 Å². The van der Waals surface area contributed by atoms with Crippen LogP contribution in [0.2, 0.25) is 10.0 Å². The molecule has 1 saturated carbocycles. The van der Waals surface area contributed by atoms with Crippen LogP contribution in [0.25, 0.3) is 10.9 Å². The molecule has 3 aromatic rings. The van der Waals surface area contributed by atoms with Crippen molar-refractivity contribution in [2.75, 3.05) is 16.8 Å². The third kappa shape index (κ3) is 3.61. The lowest BCUT2D eigenvalue weighted by Crippen LogP contribution is -2.40. The summed E-state index contributed by atoms with van der Waals surface area (Å²) in [6.45, 7) is 1.74. The van der Waals surface area contributed by atoms with E-state index in [1.807, 2.05) is 6.07 Å². The van der Waals surface area contributed by atoms with Gasteiger partial charge < -0.3 is 21.9 Å². The number of nitrogens with two attached hydrogens (primary N) is 2. The number of nitrogens with zero attached hydrogens (tertiary/aromatic N) is 5. The maximum atomic E-state index is 13.4. The maximum absolute atomic E-state index is 13.4. The Hall–Kier alpha value is -3.13. The molecule has 6 N–H and O–H groups in total. The number of fused-ring (bicyclic) bond motifs is 1. The van der Waals surface area contributed by atoms with Gasteiger partial charge in [-0.3, -0.25) is 9.36 Å². The molecule has 1 fully saturated rings. The Bertz CT molecular complexity index is 1300. The summed E-state index contributed by atoms with van der Waals surface area (Å²) in [4.78, 5) is 25.9. The number of nitrogen functional groups attached to an aromatic ring is 2. The van der Waals surface area contributed by atoms with Crippen molar-refractivity contribution in [1.29, 1.82) is 5.26 Å². The van der Waals surface area contributed by atoms with E-state index in [0.717, 1.165) is 0 Å². The van der Waals surface area contributed by atoms with Crippen molar-refractivity contribution < 1.29 is 5.11 Å². The highest BCUT2D eigenvalue weighted by molar-refractivity contribution is 6.39. The second-order valence-corrected chi connectivity index (χ2v) is 8.16. The minimum Gasteiger partial charge on any atom is -0.393 e. The lowest BCUT2D eigenvalue weighted by Gasteiger charge is -2.35. The third-order valence-corrected chi connectivity index (χ3v) is 5.86. The Morgan fingerprint density at radius 1 is 1.26 bits per heavy atom. The highest BCUT2D eigenvalue weighted by Crippen LogP contribution is 2.35. The molecule has 4 rings (SSSR count). The Morgan fingerprint density at radius 2 is 1.94 bits per heavy atom. The Balaban J connectivity index is 1.89. The second-order valence-electron chi connectivity index (χ2n) is 7.35. The van der Waals surface area contributed by atoms with E-state index in [9.17, 15) is 15.2 Å². The van der Waals surface area contributed by atoms with Gasteiger partial charge in [-0.15, -0.1) is 0 Å². The number of hydrogen-bond acceptors (Lipinski definition) is 9. The van der Waals surface area contributed by atoms with Crippen molar-refractivity contribution in [2.45, 2.75) is 38.0 Å². The van der Waals surface area contributed by atoms with Crippen LogP contribution in [0.5, 0.6) is 0 Å². The molecule has 0 bridgehead atoms. The van der Waals surface area contributed by atoms with Gasteiger partial charge in [0, 0.05) is 6.04 Å². The molecule has 0 amide bonds. The van der Waals surface area contributed by atoms with Crippen LogP contribution in [0.3, 0.4) is 0 Å². The van der Waals surface area contributed by atoms with Crippen molar-refractivity contribution in [2.24, 2.45) is 0 Å². The summed E-state index contributed by atoms with van der Waals surface area (Å²) in [6, 6.07) is 4.19. The first kappa shape index (κ1) is 21.1. The molecule has 1 aliphatic carbocycles. The molecule has 0 saturated heterocycles. The predicted molar refractivity (Wildman–Crippen MR) is 118 cm³/mol. The van der Waals surface area contributed by atoms with E-state index in [1.165, 1.54) is 4.57 Å². The highest BCUT2D eigenvalue weighted by atomic mass is 35.5. The molecule has 1 atom stereocenters. The first-order valence-corrected chi connectivity index (χ1v) is 10.1. The number of aromatic nitrogens is 4. The molecule has 1 aromatic carbocycles. The topological polar surface area (TPSA) is 169 Å². The monoisotopic (exact) mass is 460 g/mol. The van der Waals surface area contributed by atoms with Gasteiger partial charge in [0.05, 0.1) is 33.1 Å². The molecule has 12 heteroatoms. The fraction of sp³-hybridized carbons (Fsp3) is 0.316. The average molecular weight is 461 g/mol. The molecule has 0 spiro atoms. The fourth-order valence-electron chi connectivity index (χ4n) is 3.66. The number of hydrogen-bond donors (Lipinski definition) is 4. The zero-order chi connectivity index (χ0) is 22.4. The van der Waals surface area contributed by atoms with E-state index >= 15 is 0 Å². The van der Waals surface area contributed by atoms with Gasteiger partial charge in [0.25, 0.3) is 5.56 Å². The zero-order valence-electron chi connectivity index (χ0n) is 16.3. The molecule has 10 nitrogen and oxygen atoms in total. The average Bonchev–Trinajstić information content (AvgIpc) is 2.68. The first-order valence-electron chi connectivity index (χ1n) is 9.39. The van der Waals surface area contributed by atoms with Crippen LogP contribution in [-0.2, 0) is 0 Å². The highest BCUT2D eigenvalue weighted by Gasteiger charge is 2.33. The fourth-order valence-corrected chi connectivity index (χ4v) is 4.09. The van der Waals surface area contributed by atoms with Crippen molar-refractivity contribution >= 4 is 51.7 Å². The summed E-state index contributed by atoms with van der Waals surface area (Å²) in [5, 5.41) is 23.0. The van der Waals surface area contributed by atoms with Crippen LogP contribution in [-0.4, -0.2) is 30.7 Å². The molecule has 0 aliphatic heterocycles. The molecule has 2 heterocycles.